The monoisotopic (exact) mass is 355 g/mol. The van der Waals surface area contributed by atoms with Crippen molar-refractivity contribution in [2.75, 3.05) is 20.2 Å². The van der Waals surface area contributed by atoms with Crippen LogP contribution in [0.5, 0.6) is 0 Å². The Bertz CT molecular complexity index is 645. The molecule has 0 aromatic heterocycles. The summed E-state index contributed by atoms with van der Waals surface area (Å²) in [4.78, 5) is 13.2. The van der Waals surface area contributed by atoms with Crippen molar-refractivity contribution in [2.24, 2.45) is 5.41 Å². The Hall–Kier alpha value is -1.71. The zero-order chi connectivity index (χ0) is 19.2. The molecule has 0 aromatic rings. The molecule has 0 aromatic carbocycles. The lowest BCUT2D eigenvalue weighted by atomic mass is 9.75. The van der Waals surface area contributed by atoms with Gasteiger partial charge in [-0.3, -0.25) is 9.69 Å². The van der Waals surface area contributed by atoms with Crippen molar-refractivity contribution in [2.45, 2.75) is 52.7 Å². The van der Waals surface area contributed by atoms with Gasteiger partial charge >= 0.3 is 0 Å². The highest BCUT2D eigenvalue weighted by Gasteiger charge is 2.26. The molecule has 0 fully saturated rings. The second kappa shape index (κ2) is 9.29. The molecule has 26 heavy (non-hydrogen) atoms. The first-order valence-corrected chi connectivity index (χ1v) is 9.62. The van der Waals surface area contributed by atoms with Crippen molar-refractivity contribution in [3.05, 3.63) is 59.3 Å². The molecule has 0 aliphatic heterocycles. The second-order valence-corrected chi connectivity index (χ2v) is 7.89. The molecule has 3 nitrogen and oxygen atoms in total. The van der Waals surface area contributed by atoms with Crippen molar-refractivity contribution in [3.63, 3.8) is 0 Å². The van der Waals surface area contributed by atoms with Crippen LogP contribution in [-0.2, 0) is 9.53 Å². The van der Waals surface area contributed by atoms with Crippen LogP contribution in [0.2, 0.25) is 0 Å². The fourth-order valence-electron chi connectivity index (χ4n) is 3.97. The molecule has 2 rings (SSSR count). The molecular weight excluding hydrogens is 322 g/mol. The molecular formula is C23H33NO2. The number of methoxy groups -OCH3 is 1. The van der Waals surface area contributed by atoms with E-state index in [0.717, 1.165) is 37.8 Å². The predicted octanol–water partition coefficient (Wildman–Crippen LogP) is 4.64. The minimum Gasteiger partial charge on any atom is -0.375 e. The molecule has 0 bridgehead atoms. The number of carbonyl (C=O) groups excluding carboxylic acids is 1. The molecule has 0 spiro atoms. The van der Waals surface area contributed by atoms with E-state index in [4.69, 9.17) is 4.74 Å². The minimum absolute atomic E-state index is 0.0712. The first-order chi connectivity index (χ1) is 12.4. The summed E-state index contributed by atoms with van der Waals surface area (Å²) in [5.41, 5.74) is 3.73. The molecule has 0 saturated heterocycles. The summed E-state index contributed by atoms with van der Waals surface area (Å²) in [6.07, 6.45) is 17.7. The first-order valence-electron chi connectivity index (χ1n) is 9.62. The van der Waals surface area contributed by atoms with Crippen molar-refractivity contribution < 1.29 is 9.53 Å². The van der Waals surface area contributed by atoms with Gasteiger partial charge in [-0.25, -0.2) is 0 Å². The largest absolute Gasteiger partial charge is 0.375 e. The zero-order valence-electron chi connectivity index (χ0n) is 16.9. The Morgan fingerprint density at radius 3 is 2.58 bits per heavy atom. The van der Waals surface area contributed by atoms with Crippen LogP contribution in [0.25, 0.3) is 0 Å². The van der Waals surface area contributed by atoms with Gasteiger partial charge in [-0.05, 0) is 60.2 Å². The summed E-state index contributed by atoms with van der Waals surface area (Å²) >= 11 is 0. The summed E-state index contributed by atoms with van der Waals surface area (Å²) in [5.74, 6) is 0. The Morgan fingerprint density at radius 1 is 1.23 bits per heavy atom. The van der Waals surface area contributed by atoms with Crippen LogP contribution in [0.1, 0.15) is 40.5 Å². The van der Waals surface area contributed by atoms with Gasteiger partial charge in [-0.1, -0.05) is 58.1 Å². The van der Waals surface area contributed by atoms with Crippen LogP contribution in [0.15, 0.2) is 59.3 Å². The third-order valence-electron chi connectivity index (χ3n) is 5.19. The molecule has 2 unspecified atom stereocenters. The number of rotatable bonds is 7. The van der Waals surface area contributed by atoms with Crippen LogP contribution in [0.3, 0.4) is 0 Å². The van der Waals surface area contributed by atoms with Gasteiger partial charge in [0.25, 0.3) is 0 Å². The molecule has 142 valence electrons. The number of aldehydes is 1. The quantitative estimate of drug-likeness (QED) is 0.492. The summed E-state index contributed by atoms with van der Waals surface area (Å²) in [6, 6.07) is 0.294. The molecule has 0 N–H and O–H groups in total. The van der Waals surface area contributed by atoms with E-state index in [1.165, 1.54) is 11.1 Å². The Kier molecular flexibility index (Phi) is 7.36. The summed E-state index contributed by atoms with van der Waals surface area (Å²) in [5, 5.41) is 0. The number of carbonyl (C=O) groups is 1. The number of hydrogen-bond acceptors (Lipinski definition) is 3. The lowest BCUT2D eigenvalue weighted by molar-refractivity contribution is -0.104. The van der Waals surface area contributed by atoms with Gasteiger partial charge in [0.05, 0.1) is 12.1 Å². The standard InChI is InChI=1S/C23H33NO2/c1-6-24(7-2)21-11-10-18(15-22(21)26-5)8-9-19-14-20(12-13-25)17-23(3,4)16-19/h8-15,21-22H,6-7,16-17H2,1-5H3/b9-8+,20-12-. The van der Waals surface area contributed by atoms with Crippen molar-refractivity contribution in [1.29, 1.82) is 0 Å². The maximum atomic E-state index is 10.8. The van der Waals surface area contributed by atoms with Crippen LogP contribution in [0, 0.1) is 5.41 Å². The lowest BCUT2D eigenvalue weighted by Gasteiger charge is -2.33. The van der Waals surface area contributed by atoms with Gasteiger partial charge < -0.3 is 4.74 Å². The first kappa shape index (κ1) is 20.6. The Balaban J connectivity index is 2.16. The van der Waals surface area contributed by atoms with E-state index in [1.54, 1.807) is 13.2 Å². The molecule has 3 heteroatoms. The van der Waals surface area contributed by atoms with Crippen LogP contribution in [0.4, 0.5) is 0 Å². The smallest absolute Gasteiger partial charge is 0.143 e. The summed E-state index contributed by atoms with van der Waals surface area (Å²) in [6.45, 7) is 10.9. The molecule has 2 atom stereocenters. The van der Waals surface area contributed by atoms with Gasteiger partial charge in [0.15, 0.2) is 0 Å². The highest BCUT2D eigenvalue weighted by atomic mass is 16.5. The van der Waals surface area contributed by atoms with Crippen molar-refractivity contribution in [3.8, 4) is 0 Å². The van der Waals surface area contributed by atoms with E-state index in [1.807, 2.05) is 0 Å². The van der Waals surface area contributed by atoms with Crippen LogP contribution < -0.4 is 0 Å². The number of allylic oxidation sites excluding steroid dienone is 8. The topological polar surface area (TPSA) is 29.5 Å². The van der Waals surface area contributed by atoms with Gasteiger partial charge in [0, 0.05) is 7.11 Å². The average Bonchev–Trinajstić information content (AvgIpc) is 2.60. The number of nitrogens with zero attached hydrogens (tertiary/aromatic N) is 1. The third-order valence-corrected chi connectivity index (χ3v) is 5.19. The predicted molar refractivity (Wildman–Crippen MR) is 109 cm³/mol. The molecule has 0 heterocycles. The van der Waals surface area contributed by atoms with Crippen molar-refractivity contribution >= 4 is 6.29 Å². The van der Waals surface area contributed by atoms with Crippen LogP contribution in [-0.4, -0.2) is 43.5 Å². The SMILES string of the molecule is CCN(CC)C1C=CC(/C=C/C2=CC(=C/C=O)/CC(C)(C)C2)=CC1OC. The summed E-state index contributed by atoms with van der Waals surface area (Å²) < 4.78 is 5.73. The van der Waals surface area contributed by atoms with Crippen molar-refractivity contribution in [1.82, 2.24) is 4.90 Å². The fourth-order valence-corrected chi connectivity index (χ4v) is 3.97. The maximum Gasteiger partial charge on any atom is 0.143 e. The van der Waals surface area contributed by atoms with E-state index in [2.05, 4.69) is 69.1 Å². The fraction of sp³-hybridized carbons (Fsp3) is 0.522. The number of ether oxygens (including phenoxy) is 1. The lowest BCUT2D eigenvalue weighted by Crippen LogP contribution is -2.43. The van der Waals surface area contributed by atoms with Gasteiger partial charge in [-0.15, -0.1) is 0 Å². The van der Waals surface area contributed by atoms with Gasteiger partial charge in [0.1, 0.15) is 6.29 Å². The third kappa shape index (κ3) is 5.39. The van der Waals surface area contributed by atoms with Gasteiger partial charge in [0.2, 0.25) is 0 Å². The maximum absolute atomic E-state index is 10.8. The van der Waals surface area contributed by atoms with Crippen LogP contribution >= 0.6 is 0 Å². The molecule has 0 saturated carbocycles. The highest BCUT2D eigenvalue weighted by Crippen LogP contribution is 2.38. The molecule has 0 amide bonds. The Labute approximate surface area is 158 Å². The van der Waals surface area contributed by atoms with E-state index < -0.39 is 0 Å². The molecule has 2 aliphatic rings. The normalized spacial score (nSPS) is 27.1. The highest BCUT2D eigenvalue weighted by molar-refractivity contribution is 5.67. The van der Waals surface area contributed by atoms with Gasteiger partial charge in [-0.2, -0.15) is 0 Å². The Morgan fingerprint density at radius 2 is 1.96 bits per heavy atom. The molecule has 0 radical (unpaired) electrons. The van der Waals surface area contributed by atoms with E-state index in [-0.39, 0.29) is 11.5 Å². The second-order valence-electron chi connectivity index (χ2n) is 7.89. The average molecular weight is 356 g/mol. The number of hydrogen-bond donors (Lipinski definition) is 0. The number of likely N-dealkylation sites (N-methyl/N-ethyl adjacent to an activating group) is 1. The van der Waals surface area contributed by atoms with E-state index in [0.29, 0.717) is 6.04 Å². The van der Waals surface area contributed by atoms with E-state index >= 15 is 0 Å². The van der Waals surface area contributed by atoms with E-state index in [9.17, 15) is 4.79 Å². The minimum atomic E-state index is 0.0712. The zero-order valence-corrected chi connectivity index (χ0v) is 16.9. The summed E-state index contributed by atoms with van der Waals surface area (Å²) in [7, 11) is 1.78. The molecule has 2 aliphatic carbocycles.